The number of para-hydroxylation sites is 1. The lowest BCUT2D eigenvalue weighted by atomic mass is 9.98. The van der Waals surface area contributed by atoms with Crippen molar-refractivity contribution in [1.29, 1.82) is 0 Å². The molecule has 2 N–H and O–H groups in total. The average molecular weight is 302 g/mol. The first-order valence-corrected chi connectivity index (χ1v) is 7.53. The summed E-state index contributed by atoms with van der Waals surface area (Å²) in [6.45, 7) is 6.63. The number of benzene rings is 1. The van der Waals surface area contributed by atoms with Crippen LogP contribution < -0.4 is 5.32 Å². The summed E-state index contributed by atoms with van der Waals surface area (Å²) in [5.74, 6) is -0.0809. The number of rotatable bonds is 6. The monoisotopic (exact) mass is 302 g/mol. The number of carbonyl (C=O) groups is 1. The summed E-state index contributed by atoms with van der Waals surface area (Å²) >= 11 is 0. The molecule has 0 amide bonds. The molecule has 0 aliphatic heterocycles. The van der Waals surface area contributed by atoms with Gasteiger partial charge in [0.05, 0.1) is 24.4 Å². The first-order chi connectivity index (χ1) is 10.6. The van der Waals surface area contributed by atoms with Gasteiger partial charge in [-0.05, 0) is 18.4 Å². The fourth-order valence-corrected chi connectivity index (χ4v) is 2.45. The topological polar surface area (TPSA) is 71.5 Å². The third-order valence-electron chi connectivity index (χ3n) is 3.46. The Labute approximate surface area is 130 Å². The standard InChI is InChI=1S/C17H22N2O3/c1-4-22-17(21)14-10-19-15-12(11(2)3)6-5-7-13(15)16(14)18-8-9-20/h5-7,10-11,20H,4,8-9H2,1-3H3,(H,18,19). The number of carbonyl (C=O) groups excluding carboxylic acids is 1. The van der Waals surface area contributed by atoms with Crippen LogP contribution in [-0.4, -0.2) is 35.8 Å². The molecule has 0 aliphatic carbocycles. The number of hydrogen-bond acceptors (Lipinski definition) is 5. The zero-order valence-electron chi connectivity index (χ0n) is 13.2. The highest BCUT2D eigenvalue weighted by molar-refractivity contribution is 6.05. The molecule has 2 rings (SSSR count). The van der Waals surface area contributed by atoms with Crippen LogP contribution in [0.2, 0.25) is 0 Å². The quantitative estimate of drug-likeness (QED) is 0.803. The molecule has 1 heterocycles. The fraction of sp³-hybridized carbons (Fsp3) is 0.412. The van der Waals surface area contributed by atoms with Crippen molar-refractivity contribution >= 4 is 22.6 Å². The van der Waals surface area contributed by atoms with Crippen LogP contribution in [0.1, 0.15) is 42.6 Å². The predicted molar refractivity (Wildman–Crippen MR) is 87.4 cm³/mol. The Hall–Kier alpha value is -2.14. The summed E-state index contributed by atoms with van der Waals surface area (Å²) in [5, 5.41) is 13.1. The van der Waals surface area contributed by atoms with Gasteiger partial charge in [-0.25, -0.2) is 4.79 Å². The third-order valence-corrected chi connectivity index (χ3v) is 3.46. The molecule has 1 aromatic carbocycles. The minimum atomic E-state index is -0.410. The molecule has 22 heavy (non-hydrogen) atoms. The van der Waals surface area contributed by atoms with E-state index in [-0.39, 0.29) is 6.61 Å². The van der Waals surface area contributed by atoms with E-state index < -0.39 is 5.97 Å². The van der Waals surface area contributed by atoms with E-state index in [9.17, 15) is 4.79 Å². The van der Waals surface area contributed by atoms with Gasteiger partial charge in [-0.2, -0.15) is 0 Å². The molecule has 2 aromatic rings. The molecular weight excluding hydrogens is 280 g/mol. The molecule has 0 spiro atoms. The summed E-state index contributed by atoms with van der Waals surface area (Å²) in [5.41, 5.74) is 3.05. The second-order valence-electron chi connectivity index (χ2n) is 5.32. The van der Waals surface area contributed by atoms with E-state index in [1.165, 1.54) is 0 Å². The zero-order chi connectivity index (χ0) is 16.1. The van der Waals surface area contributed by atoms with Crippen molar-refractivity contribution in [3.8, 4) is 0 Å². The van der Waals surface area contributed by atoms with E-state index >= 15 is 0 Å². The number of nitrogens with one attached hydrogen (secondary N) is 1. The van der Waals surface area contributed by atoms with Gasteiger partial charge in [-0.3, -0.25) is 4.98 Å². The molecular formula is C17H22N2O3. The van der Waals surface area contributed by atoms with Crippen LogP contribution in [0.25, 0.3) is 10.9 Å². The van der Waals surface area contributed by atoms with Crippen molar-refractivity contribution in [3.63, 3.8) is 0 Å². The number of nitrogens with zero attached hydrogens (tertiary/aromatic N) is 1. The van der Waals surface area contributed by atoms with Gasteiger partial charge in [0.25, 0.3) is 0 Å². The maximum Gasteiger partial charge on any atom is 0.341 e. The highest BCUT2D eigenvalue weighted by atomic mass is 16.5. The van der Waals surface area contributed by atoms with Gasteiger partial charge < -0.3 is 15.2 Å². The number of fused-ring (bicyclic) bond motifs is 1. The summed E-state index contributed by atoms with van der Waals surface area (Å²) < 4.78 is 5.09. The Bertz CT molecular complexity index is 668. The first-order valence-electron chi connectivity index (χ1n) is 7.53. The van der Waals surface area contributed by atoms with Gasteiger partial charge >= 0.3 is 5.97 Å². The van der Waals surface area contributed by atoms with E-state index in [0.717, 1.165) is 16.5 Å². The molecule has 0 aliphatic rings. The number of pyridine rings is 1. The SMILES string of the molecule is CCOC(=O)c1cnc2c(C(C)C)cccc2c1NCCO. The van der Waals surface area contributed by atoms with E-state index in [1.807, 2.05) is 18.2 Å². The molecule has 5 nitrogen and oxygen atoms in total. The van der Waals surface area contributed by atoms with Crippen molar-refractivity contribution < 1.29 is 14.6 Å². The molecule has 0 saturated heterocycles. The Kier molecular flexibility index (Phi) is 5.33. The third kappa shape index (κ3) is 3.20. The van der Waals surface area contributed by atoms with Crippen LogP contribution in [0.4, 0.5) is 5.69 Å². The van der Waals surface area contributed by atoms with Crippen LogP contribution in [0.15, 0.2) is 24.4 Å². The summed E-state index contributed by atoms with van der Waals surface area (Å²) in [6.07, 6.45) is 1.55. The molecule has 118 valence electrons. The highest BCUT2D eigenvalue weighted by Gasteiger charge is 2.18. The molecule has 1 aromatic heterocycles. The number of aliphatic hydroxyl groups excluding tert-OH is 1. The van der Waals surface area contributed by atoms with Gasteiger partial charge in [0, 0.05) is 18.1 Å². The molecule has 0 saturated carbocycles. The summed E-state index contributed by atoms with van der Waals surface area (Å²) in [7, 11) is 0. The van der Waals surface area contributed by atoms with Crippen molar-refractivity contribution in [2.45, 2.75) is 26.7 Å². The van der Waals surface area contributed by atoms with Gasteiger partial charge in [0.2, 0.25) is 0 Å². The largest absolute Gasteiger partial charge is 0.462 e. The highest BCUT2D eigenvalue weighted by Crippen LogP contribution is 2.31. The minimum Gasteiger partial charge on any atom is -0.462 e. The van der Waals surface area contributed by atoms with E-state index in [0.29, 0.717) is 30.3 Å². The van der Waals surface area contributed by atoms with Crippen LogP contribution in [0.3, 0.4) is 0 Å². The van der Waals surface area contributed by atoms with Crippen LogP contribution in [0, 0.1) is 0 Å². The van der Waals surface area contributed by atoms with Crippen LogP contribution >= 0.6 is 0 Å². The van der Waals surface area contributed by atoms with Gasteiger partial charge in [0.1, 0.15) is 5.56 Å². The summed E-state index contributed by atoms with van der Waals surface area (Å²) in [6, 6.07) is 5.93. The number of anilines is 1. The molecule has 0 fully saturated rings. The number of ether oxygens (including phenoxy) is 1. The molecule has 5 heteroatoms. The lowest BCUT2D eigenvalue weighted by molar-refractivity contribution is 0.0527. The normalized spacial score (nSPS) is 11.0. The Balaban J connectivity index is 2.64. The second-order valence-corrected chi connectivity index (χ2v) is 5.32. The Morgan fingerprint density at radius 1 is 1.41 bits per heavy atom. The Morgan fingerprint density at radius 3 is 2.82 bits per heavy atom. The fourth-order valence-electron chi connectivity index (χ4n) is 2.45. The van der Waals surface area contributed by atoms with Crippen molar-refractivity contribution in [1.82, 2.24) is 4.98 Å². The van der Waals surface area contributed by atoms with Gasteiger partial charge in [-0.1, -0.05) is 32.0 Å². The first kappa shape index (κ1) is 16.2. The zero-order valence-corrected chi connectivity index (χ0v) is 13.2. The lowest BCUT2D eigenvalue weighted by Crippen LogP contribution is -2.13. The number of esters is 1. The van der Waals surface area contributed by atoms with Gasteiger partial charge in [0.15, 0.2) is 0 Å². The number of aliphatic hydroxyl groups is 1. The number of hydrogen-bond donors (Lipinski definition) is 2. The molecule has 0 bridgehead atoms. The van der Waals surface area contributed by atoms with Crippen molar-refractivity contribution in [2.75, 3.05) is 25.1 Å². The van der Waals surface area contributed by atoms with Crippen LogP contribution in [0.5, 0.6) is 0 Å². The maximum absolute atomic E-state index is 12.1. The maximum atomic E-state index is 12.1. The Morgan fingerprint density at radius 2 is 2.18 bits per heavy atom. The molecule has 0 atom stereocenters. The van der Waals surface area contributed by atoms with E-state index in [4.69, 9.17) is 9.84 Å². The molecule has 0 radical (unpaired) electrons. The van der Waals surface area contributed by atoms with Crippen molar-refractivity contribution in [3.05, 3.63) is 35.5 Å². The van der Waals surface area contributed by atoms with Crippen LogP contribution in [-0.2, 0) is 4.74 Å². The lowest BCUT2D eigenvalue weighted by Gasteiger charge is -2.16. The average Bonchev–Trinajstić information content (AvgIpc) is 2.51. The smallest absolute Gasteiger partial charge is 0.341 e. The van der Waals surface area contributed by atoms with E-state index in [1.54, 1.807) is 13.1 Å². The summed E-state index contributed by atoms with van der Waals surface area (Å²) in [4.78, 5) is 16.6. The van der Waals surface area contributed by atoms with Crippen molar-refractivity contribution in [2.24, 2.45) is 0 Å². The van der Waals surface area contributed by atoms with E-state index in [2.05, 4.69) is 24.1 Å². The minimum absolute atomic E-state index is 0.0179. The number of aromatic nitrogens is 1. The predicted octanol–water partition coefficient (Wildman–Crippen LogP) is 2.94. The molecule has 0 unspecified atom stereocenters. The van der Waals surface area contributed by atoms with Gasteiger partial charge in [-0.15, -0.1) is 0 Å². The second kappa shape index (κ2) is 7.22.